The number of amides is 3. The van der Waals surface area contributed by atoms with Gasteiger partial charge in [-0.25, -0.2) is 4.79 Å². The van der Waals surface area contributed by atoms with E-state index in [0.717, 1.165) is 6.08 Å². The number of rotatable bonds is 4. The molecule has 21 heavy (non-hydrogen) atoms. The predicted molar refractivity (Wildman–Crippen MR) is 73.6 cm³/mol. The second-order valence-electron chi connectivity index (χ2n) is 3.69. The monoisotopic (exact) mass is 286 g/mol. The number of nitro benzene ring substituents is 1. The SMILES string of the molecule is N#C/C(=C/C=C/c1ccccc1[N+](=O)[O-])C(=O)NC(N)=O. The number of allylic oxidation sites excluding steroid dienone is 2. The van der Waals surface area contributed by atoms with Crippen LogP contribution in [0.2, 0.25) is 0 Å². The van der Waals surface area contributed by atoms with Crippen LogP contribution in [0.25, 0.3) is 6.08 Å². The van der Waals surface area contributed by atoms with Crippen LogP contribution < -0.4 is 11.1 Å². The molecule has 1 rings (SSSR count). The zero-order chi connectivity index (χ0) is 15.8. The molecule has 0 aliphatic rings. The topological polar surface area (TPSA) is 139 Å². The Balaban J connectivity index is 2.97. The van der Waals surface area contributed by atoms with Crippen molar-refractivity contribution in [3.8, 4) is 6.07 Å². The second-order valence-corrected chi connectivity index (χ2v) is 3.69. The minimum Gasteiger partial charge on any atom is -0.351 e. The molecule has 0 radical (unpaired) electrons. The highest BCUT2D eigenvalue weighted by Gasteiger charge is 2.10. The van der Waals surface area contributed by atoms with E-state index in [0.29, 0.717) is 5.56 Å². The van der Waals surface area contributed by atoms with Crippen molar-refractivity contribution in [1.82, 2.24) is 5.32 Å². The highest BCUT2D eigenvalue weighted by atomic mass is 16.6. The van der Waals surface area contributed by atoms with Gasteiger partial charge in [0.05, 0.1) is 10.5 Å². The fourth-order valence-electron chi connectivity index (χ4n) is 1.39. The summed E-state index contributed by atoms with van der Waals surface area (Å²) in [6.07, 6.45) is 3.78. The van der Waals surface area contributed by atoms with Gasteiger partial charge < -0.3 is 5.73 Å². The Kier molecular flexibility index (Phi) is 5.34. The molecule has 0 heterocycles. The van der Waals surface area contributed by atoms with Crippen molar-refractivity contribution in [2.24, 2.45) is 5.73 Å². The van der Waals surface area contributed by atoms with Crippen LogP contribution in [-0.4, -0.2) is 16.9 Å². The highest BCUT2D eigenvalue weighted by Crippen LogP contribution is 2.18. The van der Waals surface area contributed by atoms with Crippen LogP contribution in [0.15, 0.2) is 42.0 Å². The fraction of sp³-hybridized carbons (Fsp3) is 0. The number of nitrogens with zero attached hydrogens (tertiary/aromatic N) is 2. The number of hydrogen-bond acceptors (Lipinski definition) is 5. The molecule has 0 saturated carbocycles. The van der Waals surface area contributed by atoms with Gasteiger partial charge in [0.15, 0.2) is 0 Å². The van der Waals surface area contributed by atoms with E-state index >= 15 is 0 Å². The highest BCUT2D eigenvalue weighted by molar-refractivity contribution is 6.06. The third kappa shape index (κ3) is 4.60. The van der Waals surface area contributed by atoms with E-state index < -0.39 is 16.9 Å². The van der Waals surface area contributed by atoms with E-state index in [9.17, 15) is 19.7 Å². The van der Waals surface area contributed by atoms with E-state index in [-0.39, 0.29) is 11.3 Å². The molecule has 0 unspecified atom stereocenters. The molecular formula is C13H10N4O4. The number of carbonyl (C=O) groups is 2. The summed E-state index contributed by atoms with van der Waals surface area (Å²) < 4.78 is 0. The van der Waals surface area contributed by atoms with Crippen LogP contribution >= 0.6 is 0 Å². The van der Waals surface area contributed by atoms with Crippen molar-refractivity contribution >= 4 is 23.7 Å². The lowest BCUT2D eigenvalue weighted by Gasteiger charge is -1.97. The number of nitriles is 1. The molecule has 0 aromatic heterocycles. The molecular weight excluding hydrogens is 276 g/mol. The maximum atomic E-state index is 11.4. The molecule has 3 N–H and O–H groups in total. The number of benzene rings is 1. The standard InChI is InChI=1S/C13H10N4O4/c14-8-10(12(18)16-13(15)19)6-3-5-9-4-1-2-7-11(9)17(20)21/h1-7H,(H3,15,16,18,19)/b5-3+,10-6-. The lowest BCUT2D eigenvalue weighted by atomic mass is 10.1. The van der Waals surface area contributed by atoms with Crippen LogP contribution in [0.4, 0.5) is 10.5 Å². The molecule has 0 atom stereocenters. The van der Waals surface area contributed by atoms with Crippen molar-refractivity contribution in [2.75, 3.05) is 0 Å². The van der Waals surface area contributed by atoms with Crippen LogP contribution in [0.5, 0.6) is 0 Å². The maximum absolute atomic E-state index is 11.4. The van der Waals surface area contributed by atoms with Gasteiger partial charge >= 0.3 is 6.03 Å². The number of nitrogens with one attached hydrogen (secondary N) is 1. The smallest absolute Gasteiger partial charge is 0.319 e. The molecule has 0 spiro atoms. The van der Waals surface area contributed by atoms with Crippen LogP contribution in [-0.2, 0) is 4.79 Å². The van der Waals surface area contributed by atoms with Crippen molar-refractivity contribution in [3.05, 3.63) is 57.7 Å². The zero-order valence-electron chi connectivity index (χ0n) is 10.6. The first-order chi connectivity index (χ1) is 9.95. The molecule has 8 heteroatoms. The zero-order valence-corrected chi connectivity index (χ0v) is 10.6. The molecule has 0 aliphatic carbocycles. The summed E-state index contributed by atoms with van der Waals surface area (Å²) in [5.74, 6) is -0.947. The van der Waals surface area contributed by atoms with Gasteiger partial charge in [0.2, 0.25) is 0 Å². The Hall–Kier alpha value is -3.47. The first-order valence-corrected chi connectivity index (χ1v) is 5.58. The number of hydrogen-bond donors (Lipinski definition) is 2. The summed E-state index contributed by atoms with van der Waals surface area (Å²) >= 11 is 0. The van der Waals surface area contributed by atoms with Crippen LogP contribution in [0, 0.1) is 21.4 Å². The second kappa shape index (κ2) is 7.20. The first-order valence-electron chi connectivity index (χ1n) is 5.58. The first kappa shape index (κ1) is 15.6. The van der Waals surface area contributed by atoms with E-state index in [4.69, 9.17) is 11.0 Å². The molecule has 0 aliphatic heterocycles. The van der Waals surface area contributed by atoms with E-state index in [1.807, 2.05) is 0 Å². The van der Waals surface area contributed by atoms with Crippen LogP contribution in [0.3, 0.4) is 0 Å². The molecule has 0 bridgehead atoms. The third-order valence-corrected chi connectivity index (χ3v) is 2.27. The fourth-order valence-corrected chi connectivity index (χ4v) is 1.39. The number of primary amides is 1. The minimum absolute atomic E-state index is 0.109. The molecule has 0 fully saturated rings. The van der Waals surface area contributed by atoms with Gasteiger partial charge in [-0.3, -0.25) is 20.2 Å². The number of urea groups is 1. The molecule has 1 aromatic carbocycles. The van der Waals surface area contributed by atoms with Gasteiger partial charge in [0, 0.05) is 6.07 Å². The maximum Gasteiger partial charge on any atom is 0.319 e. The van der Waals surface area contributed by atoms with Gasteiger partial charge in [-0.05, 0) is 18.2 Å². The summed E-state index contributed by atoms with van der Waals surface area (Å²) in [7, 11) is 0. The predicted octanol–water partition coefficient (Wildman–Crippen LogP) is 1.25. The van der Waals surface area contributed by atoms with Gasteiger partial charge in [0.1, 0.15) is 11.6 Å². The Morgan fingerprint density at radius 1 is 1.38 bits per heavy atom. The molecule has 1 aromatic rings. The summed E-state index contributed by atoms with van der Waals surface area (Å²) in [6.45, 7) is 0. The number of imide groups is 1. The summed E-state index contributed by atoms with van der Waals surface area (Å²) in [4.78, 5) is 32.1. The normalized spacial score (nSPS) is 10.9. The van der Waals surface area contributed by atoms with E-state index in [1.54, 1.807) is 17.5 Å². The lowest BCUT2D eigenvalue weighted by Crippen LogP contribution is -2.35. The molecule has 106 valence electrons. The summed E-state index contributed by atoms with van der Waals surface area (Å²) in [5, 5.41) is 21.3. The Labute approximate surface area is 119 Å². The van der Waals surface area contributed by atoms with Gasteiger partial charge in [-0.15, -0.1) is 0 Å². The van der Waals surface area contributed by atoms with Crippen molar-refractivity contribution in [2.45, 2.75) is 0 Å². The summed E-state index contributed by atoms with van der Waals surface area (Å²) in [6, 6.07) is 6.48. The van der Waals surface area contributed by atoms with Crippen molar-refractivity contribution < 1.29 is 14.5 Å². The Morgan fingerprint density at radius 2 is 2.05 bits per heavy atom. The third-order valence-electron chi connectivity index (χ3n) is 2.27. The average molecular weight is 286 g/mol. The van der Waals surface area contributed by atoms with Gasteiger partial charge in [0.25, 0.3) is 11.6 Å². The number of carbonyl (C=O) groups excluding carboxylic acids is 2. The van der Waals surface area contributed by atoms with Gasteiger partial charge in [-0.1, -0.05) is 18.2 Å². The molecule has 0 saturated heterocycles. The number of nitro groups is 1. The quantitative estimate of drug-likeness (QED) is 0.282. The summed E-state index contributed by atoms with van der Waals surface area (Å²) in [5.41, 5.74) is 4.60. The van der Waals surface area contributed by atoms with Crippen molar-refractivity contribution in [3.63, 3.8) is 0 Å². The largest absolute Gasteiger partial charge is 0.351 e. The number of nitrogens with two attached hydrogens (primary N) is 1. The van der Waals surface area contributed by atoms with E-state index in [2.05, 4.69) is 0 Å². The lowest BCUT2D eigenvalue weighted by molar-refractivity contribution is -0.385. The average Bonchev–Trinajstić information content (AvgIpc) is 2.43. The Bertz CT molecular complexity index is 686. The van der Waals surface area contributed by atoms with Crippen molar-refractivity contribution in [1.29, 1.82) is 5.26 Å². The van der Waals surface area contributed by atoms with Crippen LogP contribution in [0.1, 0.15) is 5.56 Å². The number of para-hydroxylation sites is 1. The molecule has 3 amide bonds. The molecule has 8 nitrogen and oxygen atoms in total. The van der Waals surface area contributed by atoms with E-state index in [1.165, 1.54) is 30.4 Å². The minimum atomic E-state index is -1.08. The Morgan fingerprint density at radius 3 is 2.62 bits per heavy atom. The van der Waals surface area contributed by atoms with Gasteiger partial charge in [-0.2, -0.15) is 5.26 Å².